The highest BCUT2D eigenvalue weighted by molar-refractivity contribution is 5.35. The highest BCUT2D eigenvalue weighted by Gasteiger charge is 2.21. The Morgan fingerprint density at radius 3 is 2.73 bits per heavy atom. The predicted molar refractivity (Wildman–Crippen MR) is 61.9 cm³/mol. The van der Waals surface area contributed by atoms with E-state index in [0.29, 0.717) is 6.10 Å². The molecule has 82 valence electrons. The number of hydrogen-bond acceptors (Lipinski definition) is 2. The van der Waals surface area contributed by atoms with Gasteiger partial charge in [-0.05, 0) is 31.7 Å². The second-order valence-electron chi connectivity index (χ2n) is 4.22. The average molecular weight is 205 g/mol. The summed E-state index contributed by atoms with van der Waals surface area (Å²) in [7, 11) is 0. The summed E-state index contributed by atoms with van der Waals surface area (Å²) in [6, 6.07) is 8.24. The molecule has 0 unspecified atom stereocenters. The first kappa shape index (κ1) is 10.5. The van der Waals surface area contributed by atoms with Crippen molar-refractivity contribution in [3.8, 4) is 5.75 Å². The highest BCUT2D eigenvalue weighted by Crippen LogP contribution is 2.30. The minimum Gasteiger partial charge on any atom is -0.490 e. The summed E-state index contributed by atoms with van der Waals surface area (Å²) in [5.41, 5.74) is 7.20. The van der Waals surface area contributed by atoms with Crippen LogP contribution in [0.25, 0.3) is 0 Å². The van der Waals surface area contributed by atoms with Gasteiger partial charge in [0.2, 0.25) is 0 Å². The molecule has 0 bridgehead atoms. The van der Waals surface area contributed by atoms with Crippen molar-refractivity contribution < 1.29 is 4.74 Å². The fourth-order valence-corrected chi connectivity index (χ4v) is 1.78. The lowest BCUT2D eigenvalue weighted by molar-refractivity contribution is 0.118. The molecule has 0 aliphatic heterocycles. The van der Waals surface area contributed by atoms with Gasteiger partial charge in [0, 0.05) is 11.6 Å². The van der Waals surface area contributed by atoms with E-state index in [-0.39, 0.29) is 6.04 Å². The topological polar surface area (TPSA) is 35.2 Å². The predicted octanol–water partition coefficient (Wildman–Crippen LogP) is 3.03. The number of ether oxygens (including phenoxy) is 1. The molecule has 0 saturated heterocycles. The molecule has 0 radical (unpaired) electrons. The molecule has 1 fully saturated rings. The van der Waals surface area contributed by atoms with E-state index in [0.717, 1.165) is 17.7 Å². The lowest BCUT2D eigenvalue weighted by Gasteiger charge is -2.28. The van der Waals surface area contributed by atoms with E-state index < -0.39 is 0 Å². The molecular weight excluding hydrogens is 186 g/mol. The summed E-state index contributed by atoms with van der Waals surface area (Å²) < 4.78 is 5.92. The zero-order valence-corrected chi connectivity index (χ0v) is 9.28. The maximum Gasteiger partial charge on any atom is 0.124 e. The van der Waals surface area contributed by atoms with E-state index >= 15 is 0 Å². The lowest BCUT2D eigenvalue weighted by atomic mass is 9.96. The SMILES string of the molecule is CC[C@@H](N)c1ccccc1OC1CCC1. The molecule has 1 atom stereocenters. The van der Waals surface area contributed by atoms with E-state index in [1.54, 1.807) is 0 Å². The molecule has 2 rings (SSSR count). The van der Waals surface area contributed by atoms with Gasteiger partial charge in [0.05, 0.1) is 6.10 Å². The van der Waals surface area contributed by atoms with Crippen LogP contribution in [0, 0.1) is 0 Å². The van der Waals surface area contributed by atoms with Crippen LogP contribution in [0.15, 0.2) is 24.3 Å². The molecule has 2 nitrogen and oxygen atoms in total. The molecule has 1 saturated carbocycles. The Balaban J connectivity index is 2.13. The Bertz CT molecular complexity index is 320. The molecule has 1 aromatic rings. The highest BCUT2D eigenvalue weighted by atomic mass is 16.5. The second-order valence-corrected chi connectivity index (χ2v) is 4.22. The van der Waals surface area contributed by atoms with Crippen LogP contribution in [-0.2, 0) is 0 Å². The molecule has 2 N–H and O–H groups in total. The molecule has 2 heteroatoms. The number of rotatable bonds is 4. The zero-order valence-electron chi connectivity index (χ0n) is 9.28. The first-order chi connectivity index (χ1) is 7.31. The fraction of sp³-hybridized carbons (Fsp3) is 0.538. The Morgan fingerprint density at radius 1 is 1.40 bits per heavy atom. The van der Waals surface area contributed by atoms with E-state index in [1.165, 1.54) is 19.3 Å². The molecule has 1 aliphatic carbocycles. The van der Waals surface area contributed by atoms with Gasteiger partial charge in [-0.1, -0.05) is 25.1 Å². The van der Waals surface area contributed by atoms with Crippen molar-refractivity contribution in [1.82, 2.24) is 0 Å². The lowest BCUT2D eigenvalue weighted by Crippen LogP contribution is -2.25. The van der Waals surface area contributed by atoms with E-state index in [1.807, 2.05) is 18.2 Å². The van der Waals surface area contributed by atoms with Gasteiger partial charge in [-0.2, -0.15) is 0 Å². The molecule has 15 heavy (non-hydrogen) atoms. The third-order valence-electron chi connectivity index (χ3n) is 3.10. The minimum atomic E-state index is 0.0984. The van der Waals surface area contributed by atoms with Crippen molar-refractivity contribution in [3.63, 3.8) is 0 Å². The minimum absolute atomic E-state index is 0.0984. The first-order valence-corrected chi connectivity index (χ1v) is 5.82. The van der Waals surface area contributed by atoms with Crippen LogP contribution in [0.4, 0.5) is 0 Å². The average Bonchev–Trinajstić information content (AvgIpc) is 2.23. The molecular formula is C13H19NO. The fourth-order valence-electron chi connectivity index (χ4n) is 1.78. The molecule has 0 spiro atoms. The molecule has 0 amide bonds. The van der Waals surface area contributed by atoms with Crippen molar-refractivity contribution in [1.29, 1.82) is 0 Å². The van der Waals surface area contributed by atoms with Crippen molar-refractivity contribution in [2.75, 3.05) is 0 Å². The third-order valence-corrected chi connectivity index (χ3v) is 3.10. The largest absolute Gasteiger partial charge is 0.490 e. The summed E-state index contributed by atoms with van der Waals surface area (Å²) >= 11 is 0. The normalized spacial score (nSPS) is 18.3. The van der Waals surface area contributed by atoms with Crippen LogP contribution < -0.4 is 10.5 Å². The van der Waals surface area contributed by atoms with Gasteiger partial charge in [0.15, 0.2) is 0 Å². The van der Waals surface area contributed by atoms with Crippen LogP contribution in [0.2, 0.25) is 0 Å². The van der Waals surface area contributed by atoms with Gasteiger partial charge in [0.1, 0.15) is 5.75 Å². The summed E-state index contributed by atoms with van der Waals surface area (Å²) in [6.07, 6.45) is 5.05. The Labute approximate surface area is 91.4 Å². The Hall–Kier alpha value is -1.02. The van der Waals surface area contributed by atoms with Crippen molar-refractivity contribution in [3.05, 3.63) is 29.8 Å². The monoisotopic (exact) mass is 205 g/mol. The van der Waals surface area contributed by atoms with Gasteiger partial charge in [0.25, 0.3) is 0 Å². The first-order valence-electron chi connectivity index (χ1n) is 5.82. The quantitative estimate of drug-likeness (QED) is 0.820. The van der Waals surface area contributed by atoms with Crippen LogP contribution in [0.5, 0.6) is 5.75 Å². The standard InChI is InChI=1S/C13H19NO/c1-2-12(14)11-8-3-4-9-13(11)15-10-6-5-7-10/h3-4,8-10,12H,2,5-7,14H2,1H3/t12-/m1/s1. The number of hydrogen-bond donors (Lipinski definition) is 1. The summed E-state index contributed by atoms with van der Waals surface area (Å²) in [5.74, 6) is 0.983. The Kier molecular flexibility index (Phi) is 3.27. The van der Waals surface area contributed by atoms with Crippen LogP contribution in [-0.4, -0.2) is 6.10 Å². The molecule has 0 heterocycles. The smallest absolute Gasteiger partial charge is 0.124 e. The van der Waals surface area contributed by atoms with Crippen LogP contribution in [0.3, 0.4) is 0 Å². The Morgan fingerprint density at radius 2 is 2.13 bits per heavy atom. The van der Waals surface area contributed by atoms with Crippen LogP contribution in [0.1, 0.15) is 44.2 Å². The van der Waals surface area contributed by atoms with Gasteiger partial charge in [-0.25, -0.2) is 0 Å². The van der Waals surface area contributed by atoms with Crippen molar-refractivity contribution >= 4 is 0 Å². The van der Waals surface area contributed by atoms with Gasteiger partial charge in [-0.15, -0.1) is 0 Å². The third kappa shape index (κ3) is 2.32. The van der Waals surface area contributed by atoms with Crippen molar-refractivity contribution in [2.45, 2.75) is 44.8 Å². The summed E-state index contributed by atoms with van der Waals surface area (Å²) in [6.45, 7) is 2.10. The maximum absolute atomic E-state index is 6.05. The van der Waals surface area contributed by atoms with Crippen molar-refractivity contribution in [2.24, 2.45) is 5.73 Å². The van der Waals surface area contributed by atoms with Gasteiger partial charge >= 0.3 is 0 Å². The molecule has 1 aliphatic rings. The van der Waals surface area contributed by atoms with E-state index in [4.69, 9.17) is 10.5 Å². The van der Waals surface area contributed by atoms with Gasteiger partial charge in [-0.3, -0.25) is 0 Å². The molecule has 1 aromatic carbocycles. The molecule has 0 aromatic heterocycles. The second kappa shape index (κ2) is 4.67. The summed E-state index contributed by atoms with van der Waals surface area (Å²) in [4.78, 5) is 0. The zero-order chi connectivity index (χ0) is 10.7. The number of para-hydroxylation sites is 1. The van der Waals surface area contributed by atoms with E-state index in [2.05, 4.69) is 13.0 Å². The summed E-state index contributed by atoms with van der Waals surface area (Å²) in [5, 5.41) is 0. The number of benzene rings is 1. The van der Waals surface area contributed by atoms with Crippen LogP contribution >= 0.6 is 0 Å². The van der Waals surface area contributed by atoms with Gasteiger partial charge < -0.3 is 10.5 Å². The van der Waals surface area contributed by atoms with E-state index in [9.17, 15) is 0 Å². The number of nitrogens with two attached hydrogens (primary N) is 1. The maximum atomic E-state index is 6.05.